The Kier molecular flexibility index (Phi) is 7.66. The molecule has 4 rings (SSSR count). The summed E-state index contributed by atoms with van der Waals surface area (Å²) >= 11 is 6.27. The molecular weight excluding hydrogens is 543 g/mol. The molecule has 7 nitrogen and oxygen atoms in total. The third-order valence-corrected chi connectivity index (χ3v) is 10.0. The van der Waals surface area contributed by atoms with Crippen LogP contribution in [0.2, 0.25) is 5.02 Å². The minimum atomic E-state index is -4.07. The number of nitrogens with zero attached hydrogens (tertiary/aromatic N) is 2. The van der Waals surface area contributed by atoms with Crippen molar-refractivity contribution >= 4 is 33.0 Å². The van der Waals surface area contributed by atoms with Crippen LogP contribution in [0.1, 0.15) is 49.3 Å². The third-order valence-electron chi connectivity index (χ3n) is 7.39. The van der Waals surface area contributed by atoms with Crippen LogP contribution in [-0.4, -0.2) is 34.2 Å². The minimum Gasteiger partial charge on any atom is -0.381 e. The van der Waals surface area contributed by atoms with E-state index < -0.39 is 55.9 Å². The molecule has 1 fully saturated rings. The molecule has 1 saturated carbocycles. The average Bonchev–Trinajstić information content (AvgIpc) is 3.30. The van der Waals surface area contributed by atoms with Crippen molar-refractivity contribution < 1.29 is 31.5 Å². The normalized spacial score (nSPS) is 23.8. The number of imidazole rings is 1. The summed E-state index contributed by atoms with van der Waals surface area (Å²) in [5.74, 6) is -5.92. The van der Waals surface area contributed by atoms with Crippen LogP contribution in [0.5, 0.6) is 0 Å². The van der Waals surface area contributed by atoms with Gasteiger partial charge in [0.2, 0.25) is 0 Å². The van der Waals surface area contributed by atoms with Crippen LogP contribution in [-0.2, 0) is 22.5 Å². The number of aryl methyl sites for hydroxylation is 1. The van der Waals surface area contributed by atoms with E-state index in [2.05, 4.69) is 10.3 Å². The molecular formula is C26H27ClF3N3O4S. The number of aliphatic hydroxyl groups is 1. The fourth-order valence-electron chi connectivity index (χ4n) is 5.33. The molecule has 0 bridgehead atoms. The van der Waals surface area contributed by atoms with E-state index >= 15 is 0 Å². The number of anilines is 1. The Bertz CT molecular complexity index is 1470. The van der Waals surface area contributed by atoms with Crippen molar-refractivity contribution in [2.75, 3.05) is 5.32 Å². The number of rotatable bonds is 6. The molecule has 4 atom stereocenters. The molecule has 2 N–H and O–H groups in total. The van der Waals surface area contributed by atoms with E-state index in [0.29, 0.717) is 24.4 Å². The quantitative estimate of drug-likeness (QED) is 0.396. The van der Waals surface area contributed by atoms with Gasteiger partial charge in [-0.15, -0.1) is 0 Å². The maximum Gasteiger partial charge on any atom is 0.255 e. The Morgan fingerprint density at radius 1 is 1.21 bits per heavy atom. The van der Waals surface area contributed by atoms with Crippen molar-refractivity contribution in [1.29, 1.82) is 0 Å². The molecule has 0 saturated heterocycles. The minimum absolute atomic E-state index is 0.0916. The standard InChI is InChI=1S/C26H27ClF3N3O4S/c1-4-16-11-18(9-14(2)26(16,35)25-31-7-8-33(25)3)38(36,37)22-10-15(5-6-19(22)27)24(34)32-17-12-20(28)23(30)21(29)13-17/h5-8,10,12-14,16,18,35H,4,9,11H2,1-3H3,(H,32,34)/t14-,16?,18-,26-/m0/s1. The number of benzene rings is 2. The van der Waals surface area contributed by atoms with Crippen molar-refractivity contribution in [1.82, 2.24) is 9.55 Å². The van der Waals surface area contributed by atoms with Gasteiger partial charge in [0.25, 0.3) is 5.91 Å². The van der Waals surface area contributed by atoms with Crippen LogP contribution in [0.15, 0.2) is 47.6 Å². The Hall–Kier alpha value is -2.89. The fourth-order valence-corrected chi connectivity index (χ4v) is 7.79. The van der Waals surface area contributed by atoms with Gasteiger partial charge in [-0.2, -0.15) is 0 Å². The Labute approximate surface area is 223 Å². The van der Waals surface area contributed by atoms with Crippen LogP contribution in [0.25, 0.3) is 0 Å². The summed E-state index contributed by atoms with van der Waals surface area (Å²) in [7, 11) is -2.29. The zero-order chi connectivity index (χ0) is 28.0. The summed E-state index contributed by atoms with van der Waals surface area (Å²) in [6.45, 7) is 3.66. The number of hydrogen-bond acceptors (Lipinski definition) is 5. The van der Waals surface area contributed by atoms with E-state index in [9.17, 15) is 31.5 Å². The first-order valence-corrected chi connectivity index (χ1v) is 13.9. The zero-order valence-electron chi connectivity index (χ0n) is 20.9. The number of amides is 1. The van der Waals surface area contributed by atoms with Crippen molar-refractivity contribution in [2.24, 2.45) is 18.9 Å². The van der Waals surface area contributed by atoms with Crippen molar-refractivity contribution in [3.05, 3.63) is 76.6 Å². The smallest absolute Gasteiger partial charge is 0.255 e. The largest absolute Gasteiger partial charge is 0.381 e. The molecule has 1 aliphatic rings. The average molecular weight is 570 g/mol. The maximum atomic E-state index is 13.8. The predicted octanol–water partition coefficient (Wildman–Crippen LogP) is 5.23. The lowest BCUT2D eigenvalue weighted by Crippen LogP contribution is -2.50. The van der Waals surface area contributed by atoms with Gasteiger partial charge in [-0.1, -0.05) is 31.9 Å². The van der Waals surface area contributed by atoms with Gasteiger partial charge < -0.3 is 15.0 Å². The molecule has 12 heteroatoms. The summed E-state index contributed by atoms with van der Waals surface area (Å²) in [6, 6.07) is 4.85. The van der Waals surface area contributed by atoms with Crippen molar-refractivity contribution in [3.8, 4) is 0 Å². The molecule has 1 aliphatic carbocycles. The lowest BCUT2D eigenvalue weighted by molar-refractivity contribution is -0.104. The van der Waals surface area contributed by atoms with Crippen LogP contribution in [0, 0.1) is 29.3 Å². The van der Waals surface area contributed by atoms with Crippen LogP contribution < -0.4 is 5.32 Å². The summed E-state index contributed by atoms with van der Waals surface area (Å²) < 4.78 is 69.6. The van der Waals surface area contributed by atoms with E-state index in [-0.39, 0.29) is 34.0 Å². The molecule has 2 aromatic carbocycles. The lowest BCUT2D eigenvalue weighted by atomic mass is 9.67. The number of carbonyl (C=O) groups excluding carboxylic acids is 1. The van der Waals surface area contributed by atoms with Crippen LogP contribution in [0.3, 0.4) is 0 Å². The Morgan fingerprint density at radius 3 is 2.45 bits per heavy atom. The summed E-state index contributed by atoms with van der Waals surface area (Å²) in [5.41, 5.74) is -1.80. The highest BCUT2D eigenvalue weighted by Crippen LogP contribution is 2.49. The highest BCUT2D eigenvalue weighted by atomic mass is 35.5. The zero-order valence-corrected chi connectivity index (χ0v) is 22.5. The highest BCUT2D eigenvalue weighted by Gasteiger charge is 2.52. The maximum absolute atomic E-state index is 13.8. The first kappa shape index (κ1) is 28.1. The SMILES string of the molecule is CCC1C[C@@H](S(=O)(=O)c2cc(C(=O)Nc3cc(F)c(F)c(F)c3)ccc2Cl)C[C@H](C)[C@@]1(O)c1nccn1C. The van der Waals surface area contributed by atoms with Gasteiger partial charge in [0.05, 0.1) is 15.2 Å². The molecule has 1 heterocycles. The highest BCUT2D eigenvalue weighted by molar-refractivity contribution is 7.92. The third kappa shape index (κ3) is 4.83. The predicted molar refractivity (Wildman–Crippen MR) is 136 cm³/mol. The molecule has 1 aromatic heterocycles. The van der Waals surface area contributed by atoms with Gasteiger partial charge in [-0.25, -0.2) is 26.6 Å². The van der Waals surface area contributed by atoms with E-state index in [0.717, 1.165) is 6.07 Å². The van der Waals surface area contributed by atoms with Gasteiger partial charge in [0, 0.05) is 42.8 Å². The Morgan fingerprint density at radius 2 is 1.87 bits per heavy atom. The van der Waals surface area contributed by atoms with Crippen LogP contribution in [0.4, 0.5) is 18.9 Å². The second-order valence-corrected chi connectivity index (χ2v) is 12.3. The second kappa shape index (κ2) is 10.3. The molecule has 38 heavy (non-hydrogen) atoms. The molecule has 0 aliphatic heterocycles. The number of sulfone groups is 1. The summed E-state index contributed by atoms with van der Waals surface area (Å²) in [5, 5.41) is 13.0. The van der Waals surface area contributed by atoms with Gasteiger partial charge >= 0.3 is 0 Å². The monoisotopic (exact) mass is 569 g/mol. The van der Waals surface area contributed by atoms with Gasteiger partial charge in [0.15, 0.2) is 27.3 Å². The van der Waals surface area contributed by atoms with Gasteiger partial charge in [0.1, 0.15) is 11.4 Å². The number of halogens is 4. The molecule has 0 radical (unpaired) electrons. The van der Waals surface area contributed by atoms with E-state index in [1.807, 2.05) is 6.92 Å². The molecule has 1 unspecified atom stereocenters. The van der Waals surface area contributed by atoms with Crippen LogP contribution >= 0.6 is 11.6 Å². The van der Waals surface area contributed by atoms with E-state index in [1.165, 1.54) is 12.1 Å². The fraction of sp³-hybridized carbons (Fsp3) is 0.385. The van der Waals surface area contributed by atoms with E-state index in [4.69, 9.17) is 11.6 Å². The number of carbonyl (C=O) groups is 1. The van der Waals surface area contributed by atoms with E-state index in [1.54, 1.807) is 30.9 Å². The topological polar surface area (TPSA) is 101 Å². The molecule has 3 aromatic rings. The Balaban J connectivity index is 1.63. The van der Waals surface area contributed by atoms with Gasteiger partial charge in [-0.05, 0) is 42.9 Å². The first-order valence-electron chi connectivity index (χ1n) is 12.0. The molecule has 204 valence electrons. The number of hydrogen-bond donors (Lipinski definition) is 2. The summed E-state index contributed by atoms with van der Waals surface area (Å²) in [6.07, 6.45) is 4.08. The lowest BCUT2D eigenvalue weighted by Gasteiger charge is -2.46. The molecule has 0 spiro atoms. The van der Waals surface area contributed by atoms with Gasteiger partial charge in [-0.3, -0.25) is 4.79 Å². The first-order chi connectivity index (χ1) is 17.8. The summed E-state index contributed by atoms with van der Waals surface area (Å²) in [4.78, 5) is 16.8. The second-order valence-electron chi connectivity index (χ2n) is 9.68. The molecule has 1 amide bonds. The number of nitrogens with one attached hydrogen (secondary N) is 1. The number of aromatic nitrogens is 2. The van der Waals surface area contributed by atoms with Crippen molar-refractivity contribution in [2.45, 2.75) is 48.9 Å². The van der Waals surface area contributed by atoms with Crippen molar-refractivity contribution in [3.63, 3.8) is 0 Å².